The summed E-state index contributed by atoms with van der Waals surface area (Å²) in [5, 5.41) is 5.70. The number of nitrogens with two attached hydrogens (primary N) is 1. The SMILES string of the molecule is NC1CCCC(C(=O)NCCSCc2cccc3ccccc23)C1. The second kappa shape index (κ2) is 8.54. The van der Waals surface area contributed by atoms with Crippen molar-refractivity contribution in [2.45, 2.75) is 37.5 Å². The Morgan fingerprint density at radius 1 is 1.17 bits per heavy atom. The predicted molar refractivity (Wildman–Crippen MR) is 103 cm³/mol. The van der Waals surface area contributed by atoms with Crippen molar-refractivity contribution in [1.29, 1.82) is 0 Å². The average Bonchev–Trinajstić information content (AvgIpc) is 2.61. The van der Waals surface area contributed by atoms with E-state index in [1.54, 1.807) is 0 Å². The number of hydrogen-bond donors (Lipinski definition) is 2. The van der Waals surface area contributed by atoms with E-state index in [9.17, 15) is 4.79 Å². The highest BCUT2D eigenvalue weighted by atomic mass is 32.2. The van der Waals surface area contributed by atoms with Gasteiger partial charge < -0.3 is 11.1 Å². The normalized spacial score (nSPS) is 20.9. The van der Waals surface area contributed by atoms with Crippen LogP contribution in [0.15, 0.2) is 42.5 Å². The van der Waals surface area contributed by atoms with Crippen LogP contribution in [-0.2, 0) is 10.5 Å². The largest absolute Gasteiger partial charge is 0.355 e. The third-order valence-corrected chi connectivity index (χ3v) is 5.78. The Morgan fingerprint density at radius 3 is 2.88 bits per heavy atom. The van der Waals surface area contributed by atoms with E-state index in [2.05, 4.69) is 47.8 Å². The second-order valence-corrected chi connectivity index (χ2v) is 7.71. The molecule has 2 aromatic rings. The van der Waals surface area contributed by atoms with Crippen molar-refractivity contribution in [1.82, 2.24) is 5.32 Å². The van der Waals surface area contributed by atoms with Gasteiger partial charge in [0.15, 0.2) is 0 Å². The van der Waals surface area contributed by atoms with E-state index in [0.717, 1.165) is 43.7 Å². The maximum absolute atomic E-state index is 12.2. The molecule has 0 heterocycles. The van der Waals surface area contributed by atoms with Gasteiger partial charge in [-0.15, -0.1) is 0 Å². The van der Waals surface area contributed by atoms with Gasteiger partial charge in [0.25, 0.3) is 0 Å². The minimum absolute atomic E-state index is 0.122. The fourth-order valence-electron chi connectivity index (χ4n) is 3.46. The van der Waals surface area contributed by atoms with Crippen molar-refractivity contribution in [2.24, 2.45) is 11.7 Å². The fraction of sp³-hybridized carbons (Fsp3) is 0.450. The maximum Gasteiger partial charge on any atom is 0.223 e. The van der Waals surface area contributed by atoms with Gasteiger partial charge in [0.2, 0.25) is 5.91 Å². The lowest BCUT2D eigenvalue weighted by atomic mass is 9.85. The third-order valence-electron chi connectivity index (χ3n) is 4.77. The lowest BCUT2D eigenvalue weighted by Crippen LogP contribution is -2.38. The molecule has 0 aliphatic heterocycles. The highest BCUT2D eigenvalue weighted by Gasteiger charge is 2.24. The van der Waals surface area contributed by atoms with Gasteiger partial charge in [0.1, 0.15) is 0 Å². The Hall–Kier alpha value is -1.52. The Bertz CT molecular complexity index is 683. The molecule has 1 fully saturated rings. The van der Waals surface area contributed by atoms with Crippen molar-refractivity contribution in [3.63, 3.8) is 0 Å². The first-order valence-corrected chi connectivity index (χ1v) is 9.97. The zero-order valence-corrected chi connectivity index (χ0v) is 14.9. The number of fused-ring (bicyclic) bond motifs is 1. The van der Waals surface area contributed by atoms with E-state index in [4.69, 9.17) is 5.73 Å². The molecule has 1 saturated carbocycles. The molecule has 0 saturated heterocycles. The zero-order chi connectivity index (χ0) is 16.8. The molecule has 0 spiro atoms. The number of hydrogen-bond acceptors (Lipinski definition) is 3. The van der Waals surface area contributed by atoms with Crippen molar-refractivity contribution < 1.29 is 4.79 Å². The van der Waals surface area contributed by atoms with Crippen LogP contribution in [0.4, 0.5) is 0 Å². The molecule has 2 aromatic carbocycles. The van der Waals surface area contributed by atoms with E-state index >= 15 is 0 Å². The number of thioether (sulfide) groups is 1. The second-order valence-electron chi connectivity index (χ2n) is 6.61. The minimum Gasteiger partial charge on any atom is -0.355 e. The molecule has 0 bridgehead atoms. The standard InChI is InChI=1S/C20H26N2OS/c21-18-9-4-7-16(13-18)20(23)22-11-12-24-14-17-8-3-6-15-5-1-2-10-19(15)17/h1-3,5-6,8,10,16,18H,4,7,9,11-14,21H2,(H,22,23). The molecule has 1 aliphatic carbocycles. The summed E-state index contributed by atoms with van der Waals surface area (Å²) in [4.78, 5) is 12.2. The van der Waals surface area contributed by atoms with E-state index in [1.807, 2.05) is 11.8 Å². The number of carbonyl (C=O) groups is 1. The summed E-state index contributed by atoms with van der Waals surface area (Å²) in [5.74, 6) is 2.23. The van der Waals surface area contributed by atoms with Crippen LogP contribution < -0.4 is 11.1 Å². The predicted octanol–water partition coefficient (Wildman–Crippen LogP) is 3.71. The molecule has 24 heavy (non-hydrogen) atoms. The topological polar surface area (TPSA) is 55.1 Å². The van der Waals surface area contributed by atoms with Gasteiger partial charge in [-0.2, -0.15) is 11.8 Å². The van der Waals surface area contributed by atoms with Crippen LogP contribution >= 0.6 is 11.8 Å². The van der Waals surface area contributed by atoms with Crippen LogP contribution in [0, 0.1) is 5.92 Å². The summed E-state index contributed by atoms with van der Waals surface area (Å²) in [6.07, 6.45) is 3.97. The van der Waals surface area contributed by atoms with Gasteiger partial charge in [-0.25, -0.2) is 0 Å². The third kappa shape index (κ3) is 4.52. The number of carbonyl (C=O) groups excluding carboxylic acids is 1. The molecule has 4 heteroatoms. The fourth-order valence-corrected chi connectivity index (χ4v) is 4.32. The van der Waals surface area contributed by atoms with E-state index in [1.165, 1.54) is 16.3 Å². The summed E-state index contributed by atoms with van der Waals surface area (Å²) in [5.41, 5.74) is 7.33. The van der Waals surface area contributed by atoms with E-state index in [0.29, 0.717) is 0 Å². The van der Waals surface area contributed by atoms with Crippen molar-refractivity contribution in [3.05, 3.63) is 48.0 Å². The van der Waals surface area contributed by atoms with Crippen LogP contribution in [0.1, 0.15) is 31.2 Å². The molecule has 2 atom stereocenters. The lowest BCUT2D eigenvalue weighted by molar-refractivity contribution is -0.125. The molecule has 1 amide bonds. The molecule has 3 N–H and O–H groups in total. The first kappa shape index (κ1) is 17.3. The van der Waals surface area contributed by atoms with Gasteiger partial charge in [-0.05, 0) is 35.6 Å². The molecule has 0 radical (unpaired) electrons. The Kier molecular flexibility index (Phi) is 6.16. The van der Waals surface area contributed by atoms with Crippen LogP contribution in [0.2, 0.25) is 0 Å². The first-order chi connectivity index (χ1) is 11.7. The van der Waals surface area contributed by atoms with Crippen LogP contribution in [0.3, 0.4) is 0 Å². The smallest absolute Gasteiger partial charge is 0.223 e. The number of nitrogens with one attached hydrogen (secondary N) is 1. The molecule has 0 aromatic heterocycles. The quantitative estimate of drug-likeness (QED) is 0.787. The summed E-state index contributed by atoms with van der Waals surface area (Å²) in [6, 6.07) is 15.2. The maximum atomic E-state index is 12.2. The van der Waals surface area contributed by atoms with Crippen molar-refractivity contribution in [3.8, 4) is 0 Å². The van der Waals surface area contributed by atoms with E-state index in [-0.39, 0.29) is 17.9 Å². The highest BCUT2D eigenvalue weighted by Crippen LogP contribution is 2.24. The summed E-state index contributed by atoms with van der Waals surface area (Å²) >= 11 is 1.87. The molecular formula is C20H26N2OS. The summed E-state index contributed by atoms with van der Waals surface area (Å²) < 4.78 is 0. The molecule has 2 unspecified atom stereocenters. The highest BCUT2D eigenvalue weighted by molar-refractivity contribution is 7.98. The Labute approximate surface area is 148 Å². The van der Waals surface area contributed by atoms with Crippen molar-refractivity contribution in [2.75, 3.05) is 12.3 Å². The molecule has 1 aliphatic rings. The van der Waals surface area contributed by atoms with Gasteiger partial charge >= 0.3 is 0 Å². The molecule has 3 nitrogen and oxygen atoms in total. The van der Waals surface area contributed by atoms with Gasteiger partial charge in [0.05, 0.1) is 0 Å². The van der Waals surface area contributed by atoms with Gasteiger partial charge in [-0.3, -0.25) is 4.79 Å². The molecular weight excluding hydrogens is 316 g/mol. The lowest BCUT2D eigenvalue weighted by Gasteiger charge is -2.25. The summed E-state index contributed by atoms with van der Waals surface area (Å²) in [7, 11) is 0. The number of rotatable bonds is 6. The first-order valence-electron chi connectivity index (χ1n) is 8.81. The van der Waals surface area contributed by atoms with Crippen LogP contribution in [-0.4, -0.2) is 24.2 Å². The Morgan fingerprint density at radius 2 is 2.00 bits per heavy atom. The number of benzene rings is 2. The molecule has 3 rings (SSSR count). The molecule has 128 valence electrons. The Balaban J connectivity index is 1.41. The van der Waals surface area contributed by atoms with Crippen LogP contribution in [0.5, 0.6) is 0 Å². The average molecular weight is 343 g/mol. The number of amides is 1. The minimum atomic E-state index is 0.122. The van der Waals surface area contributed by atoms with Crippen LogP contribution in [0.25, 0.3) is 10.8 Å². The van der Waals surface area contributed by atoms with Crippen molar-refractivity contribution >= 4 is 28.4 Å². The van der Waals surface area contributed by atoms with E-state index < -0.39 is 0 Å². The van der Waals surface area contributed by atoms with Gasteiger partial charge in [0, 0.05) is 30.0 Å². The van der Waals surface area contributed by atoms with Gasteiger partial charge in [-0.1, -0.05) is 48.9 Å². The zero-order valence-electron chi connectivity index (χ0n) is 14.0. The monoisotopic (exact) mass is 342 g/mol. The summed E-state index contributed by atoms with van der Waals surface area (Å²) in [6.45, 7) is 0.736.